The summed E-state index contributed by atoms with van der Waals surface area (Å²) in [4.78, 5) is 62.5. The van der Waals surface area contributed by atoms with Crippen LogP contribution in [-0.4, -0.2) is 47.8 Å². The van der Waals surface area contributed by atoms with Gasteiger partial charge >= 0.3 is 17.9 Å². The average Bonchev–Trinajstić information content (AvgIpc) is 2.97. The molecule has 0 saturated heterocycles. The lowest BCUT2D eigenvalue weighted by molar-refractivity contribution is -0.141. The van der Waals surface area contributed by atoms with Crippen molar-refractivity contribution in [1.29, 1.82) is 0 Å². The molecular formula is C26H27NO8S. The Morgan fingerprint density at radius 3 is 2.39 bits per heavy atom. The zero-order valence-electron chi connectivity index (χ0n) is 20.3. The third-order valence-corrected chi connectivity index (χ3v) is 6.32. The van der Waals surface area contributed by atoms with Crippen LogP contribution in [0.15, 0.2) is 48.1 Å². The van der Waals surface area contributed by atoms with Crippen LogP contribution in [0.2, 0.25) is 0 Å². The van der Waals surface area contributed by atoms with Gasteiger partial charge < -0.3 is 19.1 Å². The number of benzene rings is 1. The van der Waals surface area contributed by atoms with Gasteiger partial charge in [-0.3, -0.25) is 24.0 Å². The summed E-state index contributed by atoms with van der Waals surface area (Å²) >= 11 is 1.05. The Kier molecular flexibility index (Phi) is 9.24. The molecule has 1 heterocycles. The van der Waals surface area contributed by atoms with Crippen LogP contribution in [-0.2, 0) is 35.1 Å². The van der Waals surface area contributed by atoms with Gasteiger partial charge in [0.2, 0.25) is 11.0 Å². The minimum Gasteiger partial charge on any atom is -0.469 e. The van der Waals surface area contributed by atoms with Crippen LogP contribution in [0, 0.1) is 0 Å². The number of hydrogen-bond donors (Lipinski definition) is 0. The van der Waals surface area contributed by atoms with Crippen molar-refractivity contribution in [2.24, 2.45) is 0 Å². The minimum absolute atomic E-state index is 0.0155. The number of thioether (sulfide) groups is 1. The summed E-state index contributed by atoms with van der Waals surface area (Å²) in [6.45, 7) is 2.42. The largest absolute Gasteiger partial charge is 0.469 e. The number of esters is 3. The quantitative estimate of drug-likeness (QED) is 0.381. The molecule has 1 aliphatic heterocycles. The van der Waals surface area contributed by atoms with Gasteiger partial charge in [0.1, 0.15) is 0 Å². The summed E-state index contributed by atoms with van der Waals surface area (Å²) in [7, 11) is 1.27. The lowest BCUT2D eigenvalue weighted by Gasteiger charge is -2.25. The van der Waals surface area contributed by atoms with E-state index in [-0.39, 0.29) is 41.1 Å². The van der Waals surface area contributed by atoms with Crippen molar-refractivity contribution >= 4 is 46.4 Å². The molecule has 1 aromatic carbocycles. The maximum Gasteiger partial charge on any atom is 0.308 e. The van der Waals surface area contributed by atoms with Crippen molar-refractivity contribution in [3.05, 3.63) is 53.6 Å². The summed E-state index contributed by atoms with van der Waals surface area (Å²) < 4.78 is 15.2. The van der Waals surface area contributed by atoms with Crippen LogP contribution in [0.3, 0.4) is 0 Å². The van der Waals surface area contributed by atoms with E-state index in [1.54, 1.807) is 12.2 Å². The third-order valence-electron chi connectivity index (χ3n) is 5.41. The molecular weight excluding hydrogens is 486 g/mol. The van der Waals surface area contributed by atoms with Crippen molar-refractivity contribution in [3.8, 4) is 11.5 Å². The lowest BCUT2D eigenvalue weighted by atomic mass is 10.1. The molecule has 36 heavy (non-hydrogen) atoms. The first-order chi connectivity index (χ1) is 17.2. The number of nitrogens with zero attached hydrogens (tertiary/aromatic N) is 1. The molecule has 1 atom stereocenters. The maximum absolute atomic E-state index is 13.3. The van der Waals surface area contributed by atoms with E-state index >= 15 is 0 Å². The van der Waals surface area contributed by atoms with E-state index in [1.807, 2.05) is 18.2 Å². The Morgan fingerprint density at radius 2 is 1.72 bits per heavy atom. The summed E-state index contributed by atoms with van der Waals surface area (Å²) in [6.07, 6.45) is 10.1. The van der Waals surface area contributed by atoms with Gasteiger partial charge in [0.05, 0.1) is 25.3 Å². The summed E-state index contributed by atoms with van der Waals surface area (Å²) in [5, 5.41) is -0.126. The highest BCUT2D eigenvalue weighted by molar-refractivity contribution is 8.14. The van der Waals surface area contributed by atoms with Gasteiger partial charge in [-0.15, -0.1) is 0 Å². The molecule has 1 amide bonds. The van der Waals surface area contributed by atoms with Crippen molar-refractivity contribution in [1.82, 2.24) is 0 Å². The number of ether oxygens (including phenoxy) is 3. The lowest BCUT2D eigenvalue weighted by Crippen LogP contribution is -2.39. The van der Waals surface area contributed by atoms with Crippen molar-refractivity contribution in [2.75, 3.05) is 17.8 Å². The van der Waals surface area contributed by atoms with Crippen molar-refractivity contribution < 1.29 is 38.2 Å². The van der Waals surface area contributed by atoms with E-state index in [2.05, 4.69) is 0 Å². The molecule has 0 radical (unpaired) electrons. The van der Waals surface area contributed by atoms with Gasteiger partial charge in [-0.05, 0) is 24.5 Å². The predicted molar refractivity (Wildman–Crippen MR) is 134 cm³/mol. The number of allylic oxidation sites excluding steroid dienone is 5. The second-order valence-electron chi connectivity index (χ2n) is 8.09. The fourth-order valence-corrected chi connectivity index (χ4v) is 4.71. The highest BCUT2D eigenvalue weighted by Gasteiger charge is 2.37. The SMILES string of the molecule is COC(=O)CC1Cc2cc(OC(C)=O)c(OC(C)=O)cc2N1C(=O)CCSC(=O)C1=CCC=CC=C1. The Bertz CT molecular complexity index is 1170. The Hall–Kier alpha value is -3.66. The number of carbonyl (C=O) groups is 5. The monoisotopic (exact) mass is 513 g/mol. The number of anilines is 1. The second kappa shape index (κ2) is 12.3. The second-order valence-corrected chi connectivity index (χ2v) is 9.15. The standard InChI is InChI=1S/C26H27NO8S/c1-16(28)34-22-13-19-12-20(14-25(31)33-3)27(21(19)15-23(22)35-17(2)29)24(30)10-11-36-26(32)18-8-6-4-5-7-9-18/h4-6,8-9,13,15,20H,7,10-12,14H2,1-3H3. The fraction of sp³-hybridized carbons (Fsp3) is 0.346. The molecule has 0 spiro atoms. The number of methoxy groups -OCH3 is 1. The Balaban J connectivity index is 1.82. The summed E-state index contributed by atoms with van der Waals surface area (Å²) in [5.41, 5.74) is 1.67. The van der Waals surface area contributed by atoms with Gasteiger partial charge in [0, 0.05) is 37.7 Å². The number of rotatable bonds is 8. The first-order valence-electron chi connectivity index (χ1n) is 11.3. The van der Waals surface area contributed by atoms with Gasteiger partial charge in [-0.25, -0.2) is 0 Å². The topological polar surface area (TPSA) is 116 Å². The van der Waals surface area contributed by atoms with E-state index in [0.29, 0.717) is 29.7 Å². The molecule has 1 aromatic rings. The van der Waals surface area contributed by atoms with E-state index < -0.39 is 23.9 Å². The number of carbonyl (C=O) groups excluding carboxylic acids is 5. The maximum atomic E-state index is 13.3. The van der Waals surface area contributed by atoms with E-state index in [0.717, 1.165) is 11.8 Å². The molecule has 1 unspecified atom stereocenters. The fourth-order valence-electron chi connectivity index (χ4n) is 3.93. The highest BCUT2D eigenvalue weighted by Crippen LogP contribution is 2.42. The Labute approximate surface area is 213 Å². The number of fused-ring (bicyclic) bond motifs is 1. The predicted octanol–water partition coefficient (Wildman–Crippen LogP) is 3.45. The molecule has 0 fully saturated rings. The van der Waals surface area contributed by atoms with Crippen LogP contribution < -0.4 is 14.4 Å². The molecule has 0 bridgehead atoms. The molecule has 9 nitrogen and oxygen atoms in total. The van der Waals surface area contributed by atoms with Crippen LogP contribution >= 0.6 is 11.8 Å². The molecule has 190 valence electrons. The molecule has 0 aromatic heterocycles. The normalized spacial score (nSPS) is 16.0. The zero-order chi connectivity index (χ0) is 26.2. The van der Waals surface area contributed by atoms with Crippen LogP contribution in [0.4, 0.5) is 5.69 Å². The smallest absolute Gasteiger partial charge is 0.308 e. The molecule has 3 rings (SSSR count). The van der Waals surface area contributed by atoms with Crippen LogP contribution in [0.1, 0.15) is 38.7 Å². The third kappa shape index (κ3) is 6.94. The molecule has 0 N–H and O–H groups in total. The van der Waals surface area contributed by atoms with Gasteiger partial charge in [0.15, 0.2) is 11.5 Å². The number of hydrogen-bond acceptors (Lipinski definition) is 9. The average molecular weight is 514 g/mol. The molecule has 1 aliphatic carbocycles. The van der Waals surface area contributed by atoms with Crippen LogP contribution in [0.25, 0.3) is 0 Å². The Morgan fingerprint density at radius 1 is 1.03 bits per heavy atom. The molecule has 2 aliphatic rings. The first-order valence-corrected chi connectivity index (χ1v) is 12.3. The molecule has 10 heteroatoms. The van der Waals surface area contributed by atoms with Gasteiger partial charge in [-0.2, -0.15) is 0 Å². The molecule has 0 saturated carbocycles. The highest BCUT2D eigenvalue weighted by atomic mass is 32.2. The van der Waals surface area contributed by atoms with E-state index in [4.69, 9.17) is 14.2 Å². The van der Waals surface area contributed by atoms with Crippen molar-refractivity contribution in [3.63, 3.8) is 0 Å². The number of amides is 1. The zero-order valence-corrected chi connectivity index (χ0v) is 21.1. The van der Waals surface area contributed by atoms with E-state index in [1.165, 1.54) is 38.0 Å². The van der Waals surface area contributed by atoms with E-state index in [9.17, 15) is 24.0 Å². The first kappa shape index (κ1) is 26.9. The summed E-state index contributed by atoms with van der Waals surface area (Å²) in [6, 6.07) is 2.44. The minimum atomic E-state index is -0.627. The summed E-state index contributed by atoms with van der Waals surface area (Å²) in [5.74, 6) is -1.75. The van der Waals surface area contributed by atoms with Crippen LogP contribution in [0.5, 0.6) is 11.5 Å². The van der Waals surface area contributed by atoms with Crippen molar-refractivity contribution in [2.45, 2.75) is 45.6 Å². The van der Waals surface area contributed by atoms with Gasteiger partial charge in [0.25, 0.3) is 0 Å². The van der Waals surface area contributed by atoms with Gasteiger partial charge in [-0.1, -0.05) is 42.1 Å².